The van der Waals surface area contributed by atoms with Gasteiger partial charge in [-0.2, -0.15) is 13.2 Å². The van der Waals surface area contributed by atoms with Crippen LogP contribution in [0.2, 0.25) is 0 Å². The highest BCUT2D eigenvalue weighted by atomic mass is 32.2. The minimum Gasteiger partial charge on any atom is -0.398 e. The maximum absolute atomic E-state index is 13.3. The molecule has 1 atom stereocenters. The molecule has 2 heterocycles. The molecule has 0 aliphatic carbocycles. The molecule has 0 amide bonds. The summed E-state index contributed by atoms with van der Waals surface area (Å²) in [6, 6.07) is 6.86. The first-order chi connectivity index (χ1) is 11.9. The predicted octanol–water partition coefficient (Wildman–Crippen LogP) is 3.39. The molecule has 0 unspecified atom stereocenters. The number of rotatable bonds is 4. The Bertz CT molecular complexity index is 732. The lowest BCUT2D eigenvalue weighted by Gasteiger charge is -2.24. The number of aromatic nitrogens is 2. The molecule has 1 aliphatic heterocycles. The van der Waals surface area contributed by atoms with E-state index in [-0.39, 0.29) is 17.0 Å². The van der Waals surface area contributed by atoms with Crippen molar-refractivity contribution < 1.29 is 13.2 Å². The highest BCUT2D eigenvalue weighted by Crippen LogP contribution is 2.40. The second-order valence-electron chi connectivity index (χ2n) is 5.74. The van der Waals surface area contributed by atoms with Crippen LogP contribution in [-0.2, 0) is 6.18 Å². The van der Waals surface area contributed by atoms with Gasteiger partial charge in [0.2, 0.25) is 5.95 Å². The van der Waals surface area contributed by atoms with Gasteiger partial charge < -0.3 is 16.4 Å². The Labute approximate surface area is 147 Å². The van der Waals surface area contributed by atoms with E-state index in [0.717, 1.165) is 43.9 Å². The molecular formula is C16H18F3N5S. The summed E-state index contributed by atoms with van der Waals surface area (Å²) in [6.07, 6.45) is -1.78. The van der Waals surface area contributed by atoms with Gasteiger partial charge in [0.15, 0.2) is 0 Å². The van der Waals surface area contributed by atoms with E-state index in [2.05, 4.69) is 20.6 Å². The van der Waals surface area contributed by atoms with Crippen LogP contribution in [0.1, 0.15) is 18.4 Å². The fraction of sp³-hybridized carbons (Fsp3) is 0.375. The van der Waals surface area contributed by atoms with Gasteiger partial charge in [-0.05, 0) is 31.5 Å². The Hall–Kier alpha value is -2.00. The zero-order chi connectivity index (χ0) is 17.9. The van der Waals surface area contributed by atoms with Crippen LogP contribution < -0.4 is 16.4 Å². The van der Waals surface area contributed by atoms with Gasteiger partial charge >= 0.3 is 6.18 Å². The summed E-state index contributed by atoms with van der Waals surface area (Å²) in [5, 5.41) is 6.18. The number of hydrogen-bond acceptors (Lipinski definition) is 6. The number of nitrogens with two attached hydrogens (primary N) is 1. The normalized spacial score (nSPS) is 18.1. The van der Waals surface area contributed by atoms with Crippen LogP contribution in [0.5, 0.6) is 0 Å². The van der Waals surface area contributed by atoms with Gasteiger partial charge in [0.1, 0.15) is 10.6 Å². The maximum atomic E-state index is 13.3. The number of halogens is 3. The van der Waals surface area contributed by atoms with E-state index in [9.17, 15) is 13.2 Å². The summed E-state index contributed by atoms with van der Waals surface area (Å²) in [7, 11) is 0. The van der Waals surface area contributed by atoms with Gasteiger partial charge in [-0.25, -0.2) is 9.97 Å². The third-order valence-electron chi connectivity index (χ3n) is 3.81. The van der Waals surface area contributed by atoms with Gasteiger partial charge in [-0.3, -0.25) is 0 Å². The molecule has 1 fully saturated rings. The minimum absolute atomic E-state index is 0.102. The fourth-order valence-corrected chi connectivity index (χ4v) is 3.49. The largest absolute Gasteiger partial charge is 0.420 e. The number of piperidine rings is 1. The number of nitrogens with one attached hydrogen (secondary N) is 2. The summed E-state index contributed by atoms with van der Waals surface area (Å²) in [5.41, 5.74) is 5.39. The van der Waals surface area contributed by atoms with Crippen LogP contribution in [0.25, 0.3) is 0 Å². The smallest absolute Gasteiger partial charge is 0.398 e. The second kappa shape index (κ2) is 7.49. The van der Waals surface area contributed by atoms with Crippen LogP contribution in [0.3, 0.4) is 0 Å². The number of hydrogen-bond donors (Lipinski definition) is 3. The quantitative estimate of drug-likeness (QED) is 0.567. The van der Waals surface area contributed by atoms with E-state index < -0.39 is 11.7 Å². The molecular weight excluding hydrogens is 351 g/mol. The van der Waals surface area contributed by atoms with Crippen molar-refractivity contribution in [2.75, 3.05) is 24.1 Å². The van der Waals surface area contributed by atoms with E-state index >= 15 is 0 Å². The Morgan fingerprint density at radius 1 is 1.28 bits per heavy atom. The number of para-hydroxylation sites is 1. The molecule has 25 heavy (non-hydrogen) atoms. The third-order valence-corrected chi connectivity index (χ3v) is 4.91. The van der Waals surface area contributed by atoms with Crippen LogP contribution in [0, 0.1) is 0 Å². The summed E-state index contributed by atoms with van der Waals surface area (Å²) in [4.78, 5) is 8.48. The number of anilines is 2. The molecule has 1 aromatic carbocycles. The van der Waals surface area contributed by atoms with E-state index in [1.165, 1.54) is 0 Å². The zero-order valence-electron chi connectivity index (χ0n) is 13.3. The highest BCUT2D eigenvalue weighted by Gasteiger charge is 2.35. The Morgan fingerprint density at radius 2 is 2.08 bits per heavy atom. The summed E-state index contributed by atoms with van der Waals surface area (Å²) >= 11 is 0.892. The average Bonchev–Trinajstić information content (AvgIpc) is 2.57. The molecule has 0 saturated carbocycles. The summed E-state index contributed by atoms with van der Waals surface area (Å²) < 4.78 is 39.9. The van der Waals surface area contributed by atoms with Crippen LogP contribution in [-0.4, -0.2) is 29.1 Å². The molecule has 3 rings (SSSR count). The standard InChI is InChI=1S/C16H18F3N5S/c17-16(18,19)11-9-22-15(23-10-4-3-7-21-8-10)24-14(11)25-13-6-2-1-5-12(13)20/h1-2,5-6,9-10,21H,3-4,7-8,20H2,(H,22,23,24)/t10-/m0/s1. The molecule has 0 radical (unpaired) electrons. The highest BCUT2D eigenvalue weighted by molar-refractivity contribution is 7.99. The molecule has 1 saturated heterocycles. The maximum Gasteiger partial charge on any atom is 0.420 e. The monoisotopic (exact) mass is 369 g/mol. The van der Waals surface area contributed by atoms with E-state index in [1.54, 1.807) is 24.3 Å². The zero-order valence-corrected chi connectivity index (χ0v) is 14.1. The SMILES string of the molecule is Nc1ccccc1Sc1nc(N[C@H]2CCCNC2)ncc1C(F)(F)F. The molecule has 0 spiro atoms. The van der Waals surface area contributed by atoms with Crippen molar-refractivity contribution in [3.8, 4) is 0 Å². The van der Waals surface area contributed by atoms with Gasteiger partial charge in [-0.15, -0.1) is 0 Å². The van der Waals surface area contributed by atoms with Gasteiger partial charge in [0.05, 0.1) is 0 Å². The van der Waals surface area contributed by atoms with Crippen molar-refractivity contribution in [1.82, 2.24) is 15.3 Å². The van der Waals surface area contributed by atoms with Crippen molar-refractivity contribution in [1.29, 1.82) is 0 Å². The lowest BCUT2D eigenvalue weighted by molar-refractivity contribution is -0.140. The van der Waals surface area contributed by atoms with Crippen molar-refractivity contribution in [2.24, 2.45) is 0 Å². The van der Waals surface area contributed by atoms with Gasteiger partial charge in [0, 0.05) is 29.4 Å². The Balaban J connectivity index is 1.89. The van der Waals surface area contributed by atoms with Gasteiger partial charge in [-0.1, -0.05) is 23.9 Å². The average molecular weight is 369 g/mol. The number of nitrogen functional groups attached to an aromatic ring is 1. The topological polar surface area (TPSA) is 75.9 Å². The first-order valence-corrected chi connectivity index (χ1v) is 8.69. The molecule has 2 aromatic rings. The minimum atomic E-state index is -4.53. The van der Waals surface area contributed by atoms with Crippen molar-refractivity contribution in [3.05, 3.63) is 36.0 Å². The molecule has 9 heteroatoms. The first kappa shape index (κ1) is 17.8. The lowest BCUT2D eigenvalue weighted by atomic mass is 10.1. The van der Waals surface area contributed by atoms with Crippen molar-refractivity contribution >= 4 is 23.4 Å². The van der Waals surface area contributed by atoms with Crippen molar-refractivity contribution in [2.45, 2.75) is 35.0 Å². The third kappa shape index (κ3) is 4.55. The number of nitrogens with zero attached hydrogens (tertiary/aromatic N) is 2. The lowest BCUT2D eigenvalue weighted by Crippen LogP contribution is -2.38. The number of benzene rings is 1. The van der Waals surface area contributed by atoms with E-state index in [1.807, 2.05) is 0 Å². The molecule has 5 nitrogen and oxygen atoms in total. The van der Waals surface area contributed by atoms with E-state index in [4.69, 9.17) is 5.73 Å². The first-order valence-electron chi connectivity index (χ1n) is 7.87. The van der Waals surface area contributed by atoms with Crippen molar-refractivity contribution in [3.63, 3.8) is 0 Å². The Kier molecular flexibility index (Phi) is 5.33. The fourth-order valence-electron chi connectivity index (χ4n) is 2.54. The number of alkyl halides is 3. The predicted molar refractivity (Wildman–Crippen MR) is 91.5 cm³/mol. The summed E-state index contributed by atoms with van der Waals surface area (Å²) in [5.74, 6) is 0.193. The molecule has 134 valence electrons. The molecule has 0 bridgehead atoms. The molecule has 4 N–H and O–H groups in total. The van der Waals surface area contributed by atoms with Crippen LogP contribution in [0.15, 0.2) is 40.4 Å². The van der Waals surface area contributed by atoms with E-state index in [0.29, 0.717) is 10.6 Å². The summed E-state index contributed by atoms with van der Waals surface area (Å²) in [6.45, 7) is 1.68. The molecule has 1 aliphatic rings. The van der Waals surface area contributed by atoms with Gasteiger partial charge in [0.25, 0.3) is 0 Å². The molecule has 1 aromatic heterocycles. The van der Waals surface area contributed by atoms with Crippen LogP contribution in [0.4, 0.5) is 24.8 Å². The second-order valence-corrected chi connectivity index (χ2v) is 6.77. The Morgan fingerprint density at radius 3 is 2.76 bits per heavy atom. The van der Waals surface area contributed by atoms with Crippen LogP contribution >= 0.6 is 11.8 Å².